The Morgan fingerprint density at radius 1 is 0.947 bits per heavy atom. The van der Waals surface area contributed by atoms with Crippen molar-refractivity contribution in [2.75, 3.05) is 11.9 Å². The monoisotopic (exact) mass is 535 g/mol. The van der Waals surface area contributed by atoms with E-state index in [-0.39, 0.29) is 4.91 Å². The van der Waals surface area contributed by atoms with E-state index in [4.69, 9.17) is 0 Å². The Labute approximate surface area is 219 Å². The predicted octanol–water partition coefficient (Wildman–Crippen LogP) is 6.09. The van der Waals surface area contributed by atoms with Gasteiger partial charge in [0.25, 0.3) is 11.1 Å². The van der Waals surface area contributed by atoms with Gasteiger partial charge < -0.3 is 9.88 Å². The van der Waals surface area contributed by atoms with Crippen molar-refractivity contribution in [3.05, 3.63) is 106 Å². The number of thioether (sulfide) groups is 1. The number of hydrogen-bond acceptors (Lipinski definition) is 4. The van der Waals surface area contributed by atoms with Crippen LogP contribution in [0.2, 0.25) is 0 Å². The molecular weight excluding hydrogens is 515 g/mol. The van der Waals surface area contributed by atoms with Crippen LogP contribution in [0.15, 0.2) is 71.6 Å². The Kier molecular flexibility index (Phi) is 6.81. The van der Waals surface area contributed by atoms with Gasteiger partial charge >= 0.3 is 0 Å². The third-order valence-corrected chi connectivity index (χ3v) is 7.13. The molecule has 0 unspecified atom stereocenters. The first-order valence-corrected chi connectivity index (χ1v) is 12.4. The SMILES string of the molecule is Cc1c(/C=C2\SC(=O)N(CC(=O)Nc3ccc(F)c(F)c3F)C2=O)c2ccccc2n1Cc1ccccc1. The standard InChI is InChI=1S/C28H20F3N3O3S/c1-16-19(18-9-5-6-10-22(18)33(16)14-17-7-3-2-4-8-17)13-23-27(36)34(28(37)38-23)15-24(35)32-21-12-11-20(29)25(30)26(21)31/h2-13H,14-15H2,1H3,(H,32,35)/b23-13-. The Hall–Kier alpha value is -4.31. The number of fused-ring (bicyclic) bond motifs is 1. The maximum Gasteiger partial charge on any atom is 0.294 e. The summed E-state index contributed by atoms with van der Waals surface area (Å²) in [5.74, 6) is -6.33. The summed E-state index contributed by atoms with van der Waals surface area (Å²) >= 11 is 0.689. The first kappa shape index (κ1) is 25.3. The number of rotatable bonds is 6. The van der Waals surface area contributed by atoms with E-state index in [1.807, 2.05) is 61.5 Å². The van der Waals surface area contributed by atoms with Crippen molar-refractivity contribution in [1.82, 2.24) is 9.47 Å². The van der Waals surface area contributed by atoms with Gasteiger partial charge in [-0.05, 0) is 48.5 Å². The topological polar surface area (TPSA) is 71.4 Å². The van der Waals surface area contributed by atoms with Gasteiger partial charge in [-0.1, -0.05) is 48.5 Å². The van der Waals surface area contributed by atoms with Gasteiger partial charge in [-0.3, -0.25) is 19.3 Å². The smallest absolute Gasteiger partial charge is 0.294 e. The van der Waals surface area contributed by atoms with E-state index >= 15 is 0 Å². The summed E-state index contributed by atoms with van der Waals surface area (Å²) in [4.78, 5) is 38.9. The van der Waals surface area contributed by atoms with Crippen LogP contribution in [0.3, 0.4) is 0 Å². The van der Waals surface area contributed by atoms with Crippen LogP contribution in [0.25, 0.3) is 17.0 Å². The lowest BCUT2D eigenvalue weighted by molar-refractivity contribution is -0.127. The van der Waals surface area contributed by atoms with Crippen LogP contribution < -0.4 is 5.32 Å². The fourth-order valence-corrected chi connectivity index (χ4v) is 5.15. The number of carbonyl (C=O) groups excluding carboxylic acids is 3. The number of para-hydroxylation sites is 1. The van der Waals surface area contributed by atoms with E-state index < -0.39 is 46.7 Å². The highest BCUT2D eigenvalue weighted by molar-refractivity contribution is 8.18. The fourth-order valence-electron chi connectivity index (χ4n) is 4.33. The number of carbonyl (C=O) groups is 3. The number of anilines is 1. The van der Waals surface area contributed by atoms with Gasteiger partial charge in [0, 0.05) is 28.7 Å². The Morgan fingerprint density at radius 2 is 1.66 bits per heavy atom. The lowest BCUT2D eigenvalue weighted by Crippen LogP contribution is -2.36. The van der Waals surface area contributed by atoms with Gasteiger partial charge in [-0.15, -0.1) is 0 Å². The summed E-state index contributed by atoms with van der Waals surface area (Å²) in [5.41, 5.74) is 3.14. The average Bonchev–Trinajstić information content (AvgIpc) is 3.33. The molecular formula is C28H20F3N3O3S. The number of aromatic nitrogens is 1. The molecule has 0 radical (unpaired) electrons. The predicted molar refractivity (Wildman–Crippen MR) is 140 cm³/mol. The van der Waals surface area contributed by atoms with E-state index in [2.05, 4.69) is 9.88 Å². The fraction of sp³-hybridized carbons (Fsp3) is 0.107. The molecule has 0 spiro atoms. The third kappa shape index (κ3) is 4.70. The second-order valence-corrected chi connectivity index (χ2v) is 9.62. The Balaban J connectivity index is 1.40. The number of nitrogens with one attached hydrogen (secondary N) is 1. The minimum absolute atomic E-state index is 0.132. The van der Waals surface area contributed by atoms with Gasteiger partial charge in [-0.2, -0.15) is 0 Å². The Bertz CT molecular complexity index is 1630. The van der Waals surface area contributed by atoms with Crippen LogP contribution in [0.4, 0.5) is 23.7 Å². The highest BCUT2D eigenvalue weighted by Crippen LogP contribution is 2.36. The van der Waals surface area contributed by atoms with Crippen LogP contribution in [-0.4, -0.2) is 33.1 Å². The van der Waals surface area contributed by atoms with Crippen LogP contribution in [-0.2, 0) is 16.1 Å². The highest BCUT2D eigenvalue weighted by atomic mass is 32.2. The highest BCUT2D eigenvalue weighted by Gasteiger charge is 2.37. The molecule has 1 fully saturated rings. The summed E-state index contributed by atoms with van der Waals surface area (Å²) in [5, 5.41) is 2.30. The molecule has 1 aromatic heterocycles. The number of benzene rings is 3. The molecule has 0 saturated carbocycles. The van der Waals surface area contributed by atoms with E-state index in [0.717, 1.165) is 38.7 Å². The molecule has 1 aliphatic heterocycles. The number of imide groups is 1. The first-order valence-electron chi connectivity index (χ1n) is 11.5. The van der Waals surface area contributed by atoms with E-state index in [9.17, 15) is 27.6 Å². The zero-order valence-corrected chi connectivity index (χ0v) is 20.8. The zero-order valence-electron chi connectivity index (χ0n) is 20.0. The molecule has 1 N–H and O–H groups in total. The van der Waals surface area contributed by atoms with Crippen LogP contribution in [0.5, 0.6) is 0 Å². The van der Waals surface area contributed by atoms with Gasteiger partial charge in [0.15, 0.2) is 17.5 Å². The molecule has 3 aromatic carbocycles. The molecule has 38 heavy (non-hydrogen) atoms. The minimum atomic E-state index is -1.74. The molecule has 1 saturated heterocycles. The summed E-state index contributed by atoms with van der Waals surface area (Å²) < 4.78 is 42.7. The quantitative estimate of drug-likeness (QED) is 0.240. The number of halogens is 3. The van der Waals surface area contributed by atoms with Gasteiger partial charge in [0.05, 0.1) is 10.6 Å². The van der Waals surface area contributed by atoms with E-state index in [0.29, 0.717) is 24.4 Å². The second-order valence-electron chi connectivity index (χ2n) is 8.63. The van der Waals surface area contributed by atoms with E-state index in [1.165, 1.54) is 0 Å². The lowest BCUT2D eigenvalue weighted by atomic mass is 10.1. The summed E-state index contributed by atoms with van der Waals surface area (Å²) in [7, 11) is 0. The minimum Gasteiger partial charge on any atom is -0.340 e. The normalized spacial score (nSPS) is 14.6. The van der Waals surface area contributed by atoms with Crippen molar-refractivity contribution in [3.8, 4) is 0 Å². The van der Waals surface area contributed by atoms with E-state index in [1.54, 1.807) is 6.08 Å². The van der Waals surface area contributed by atoms with Crippen molar-refractivity contribution in [3.63, 3.8) is 0 Å². The summed E-state index contributed by atoms with van der Waals surface area (Å²) in [6.07, 6.45) is 1.64. The van der Waals surface area contributed by atoms with Crippen LogP contribution in [0, 0.1) is 24.4 Å². The van der Waals surface area contributed by atoms with Gasteiger partial charge in [0.1, 0.15) is 6.54 Å². The van der Waals surface area contributed by atoms with Gasteiger partial charge in [0.2, 0.25) is 5.91 Å². The molecule has 0 atom stereocenters. The number of nitrogens with zero attached hydrogens (tertiary/aromatic N) is 2. The maximum absolute atomic E-state index is 13.9. The molecule has 1 aliphatic rings. The number of hydrogen-bond donors (Lipinski definition) is 1. The average molecular weight is 536 g/mol. The maximum atomic E-state index is 13.9. The molecule has 192 valence electrons. The summed E-state index contributed by atoms with van der Waals surface area (Å²) in [6, 6.07) is 19.2. The van der Waals surface area contributed by atoms with Crippen molar-refractivity contribution in [1.29, 1.82) is 0 Å². The molecule has 3 amide bonds. The largest absolute Gasteiger partial charge is 0.340 e. The lowest BCUT2D eigenvalue weighted by Gasteiger charge is -2.13. The van der Waals surface area contributed by atoms with Crippen molar-refractivity contribution in [2.45, 2.75) is 13.5 Å². The molecule has 6 nitrogen and oxygen atoms in total. The van der Waals surface area contributed by atoms with Gasteiger partial charge in [-0.25, -0.2) is 13.2 Å². The molecule has 5 rings (SSSR count). The third-order valence-electron chi connectivity index (χ3n) is 6.22. The van der Waals surface area contributed by atoms with Crippen LogP contribution in [0.1, 0.15) is 16.8 Å². The zero-order chi connectivity index (χ0) is 27.0. The second kappa shape index (κ2) is 10.2. The molecule has 4 aromatic rings. The van der Waals surface area contributed by atoms with Crippen LogP contribution >= 0.6 is 11.8 Å². The molecule has 2 heterocycles. The molecule has 10 heteroatoms. The Morgan fingerprint density at radius 3 is 2.42 bits per heavy atom. The van der Waals surface area contributed by atoms with Crippen molar-refractivity contribution < 1.29 is 27.6 Å². The molecule has 0 aliphatic carbocycles. The van der Waals surface area contributed by atoms with Crippen molar-refractivity contribution >= 4 is 51.5 Å². The number of amides is 3. The summed E-state index contributed by atoms with van der Waals surface area (Å²) in [6.45, 7) is 1.83. The van der Waals surface area contributed by atoms with Crippen molar-refractivity contribution in [2.24, 2.45) is 0 Å². The first-order chi connectivity index (χ1) is 18.2. The molecule has 0 bridgehead atoms.